The first-order chi connectivity index (χ1) is 7.51. The van der Waals surface area contributed by atoms with Crippen molar-refractivity contribution < 1.29 is 4.74 Å². The van der Waals surface area contributed by atoms with Gasteiger partial charge in [-0.05, 0) is 27.3 Å². The van der Waals surface area contributed by atoms with Gasteiger partial charge in [-0.25, -0.2) is 0 Å². The van der Waals surface area contributed by atoms with Gasteiger partial charge in [-0.1, -0.05) is 13.3 Å². The fourth-order valence-electron chi connectivity index (χ4n) is 3.16. The van der Waals surface area contributed by atoms with Crippen molar-refractivity contribution in [1.29, 1.82) is 0 Å². The molecule has 2 heterocycles. The lowest BCUT2D eigenvalue weighted by molar-refractivity contribution is -0.152. The van der Waals surface area contributed by atoms with E-state index in [0.29, 0.717) is 17.7 Å². The normalized spacial score (nSPS) is 33.0. The number of hydrogen-bond acceptors (Lipinski definition) is 3. The second-order valence-corrected chi connectivity index (χ2v) is 6.07. The van der Waals surface area contributed by atoms with E-state index in [-0.39, 0.29) is 0 Å². The van der Waals surface area contributed by atoms with Gasteiger partial charge in [0, 0.05) is 31.7 Å². The van der Waals surface area contributed by atoms with Crippen molar-refractivity contribution in [2.45, 2.75) is 51.4 Å². The molecule has 2 saturated heterocycles. The average molecular weight is 226 g/mol. The van der Waals surface area contributed by atoms with Crippen LogP contribution in [0.1, 0.15) is 33.6 Å². The Bertz CT molecular complexity index is 224. The molecule has 16 heavy (non-hydrogen) atoms. The second-order valence-electron chi connectivity index (χ2n) is 6.07. The Labute approximate surface area is 99.7 Å². The van der Waals surface area contributed by atoms with Crippen LogP contribution in [0.15, 0.2) is 0 Å². The van der Waals surface area contributed by atoms with Crippen molar-refractivity contribution in [2.24, 2.45) is 0 Å². The van der Waals surface area contributed by atoms with E-state index in [1.165, 1.54) is 12.8 Å². The van der Waals surface area contributed by atoms with Crippen LogP contribution < -0.4 is 0 Å². The Morgan fingerprint density at radius 3 is 2.19 bits per heavy atom. The number of likely N-dealkylation sites (N-methyl/N-ethyl adjacent to an activating group) is 1. The Kier molecular flexibility index (Phi) is 3.57. The minimum atomic E-state index is 0.338. The summed E-state index contributed by atoms with van der Waals surface area (Å²) in [6.07, 6.45) is 3.39. The highest BCUT2D eigenvalue weighted by Gasteiger charge is 2.38. The Morgan fingerprint density at radius 2 is 1.69 bits per heavy atom. The van der Waals surface area contributed by atoms with Crippen LogP contribution in [0.5, 0.6) is 0 Å². The van der Waals surface area contributed by atoms with E-state index in [2.05, 4.69) is 37.6 Å². The number of ether oxygens (including phenoxy) is 1. The number of rotatable bonds is 3. The van der Waals surface area contributed by atoms with E-state index >= 15 is 0 Å². The summed E-state index contributed by atoms with van der Waals surface area (Å²) in [6, 6.07) is 0. The molecule has 3 heteroatoms. The van der Waals surface area contributed by atoms with Crippen LogP contribution in [0, 0.1) is 0 Å². The molecule has 0 aromatic heterocycles. The van der Waals surface area contributed by atoms with Crippen LogP contribution in [-0.4, -0.2) is 60.8 Å². The van der Waals surface area contributed by atoms with Crippen molar-refractivity contribution in [3.8, 4) is 0 Å². The zero-order valence-electron chi connectivity index (χ0n) is 11.2. The third kappa shape index (κ3) is 2.58. The highest BCUT2D eigenvalue weighted by atomic mass is 16.5. The molecule has 0 amide bonds. The van der Waals surface area contributed by atoms with E-state index in [0.717, 1.165) is 26.2 Å². The molecule has 3 nitrogen and oxygen atoms in total. The molecule has 0 aromatic rings. The summed E-state index contributed by atoms with van der Waals surface area (Å²) in [4.78, 5) is 5.05. The van der Waals surface area contributed by atoms with Crippen LogP contribution >= 0.6 is 0 Å². The fraction of sp³-hybridized carbons (Fsp3) is 1.00. The van der Waals surface area contributed by atoms with Crippen molar-refractivity contribution in [3.05, 3.63) is 0 Å². The van der Waals surface area contributed by atoms with E-state index < -0.39 is 0 Å². The SMILES string of the molecule is CCCC(C)(C)N1CC2CN(C)CC(C1)O2. The molecule has 2 fully saturated rings. The van der Waals surface area contributed by atoms with Crippen molar-refractivity contribution in [3.63, 3.8) is 0 Å². The summed E-state index contributed by atoms with van der Waals surface area (Å²) in [5.74, 6) is 0. The lowest BCUT2D eigenvalue weighted by Gasteiger charge is -2.50. The first-order valence-corrected chi connectivity index (χ1v) is 6.60. The van der Waals surface area contributed by atoms with Gasteiger partial charge in [-0.15, -0.1) is 0 Å². The quantitative estimate of drug-likeness (QED) is 0.726. The molecule has 0 aliphatic carbocycles. The van der Waals surface area contributed by atoms with Crippen molar-refractivity contribution >= 4 is 0 Å². The smallest absolute Gasteiger partial charge is 0.0833 e. The molecule has 0 aromatic carbocycles. The highest BCUT2D eigenvalue weighted by molar-refractivity contribution is 4.92. The standard InChI is InChI=1S/C13H26N2O/c1-5-6-13(2,3)15-9-11-7-14(4)8-12(10-15)16-11/h11-12H,5-10H2,1-4H3. The summed E-state index contributed by atoms with van der Waals surface area (Å²) in [6.45, 7) is 11.4. The maximum absolute atomic E-state index is 6.01. The maximum Gasteiger partial charge on any atom is 0.0833 e. The van der Waals surface area contributed by atoms with Crippen LogP contribution in [0.25, 0.3) is 0 Å². The van der Waals surface area contributed by atoms with Crippen LogP contribution in [-0.2, 0) is 4.74 Å². The minimum absolute atomic E-state index is 0.338. The highest BCUT2D eigenvalue weighted by Crippen LogP contribution is 2.27. The predicted octanol–water partition coefficient (Wildman–Crippen LogP) is 1.58. The summed E-state index contributed by atoms with van der Waals surface area (Å²) in [5.41, 5.74) is 0.338. The molecule has 2 bridgehead atoms. The molecular weight excluding hydrogens is 200 g/mol. The first kappa shape index (κ1) is 12.3. The van der Waals surface area contributed by atoms with Crippen LogP contribution in [0.2, 0.25) is 0 Å². The Morgan fingerprint density at radius 1 is 1.12 bits per heavy atom. The maximum atomic E-state index is 6.01. The van der Waals surface area contributed by atoms with E-state index in [9.17, 15) is 0 Å². The van der Waals surface area contributed by atoms with Gasteiger partial charge < -0.3 is 9.64 Å². The number of hydrogen-bond donors (Lipinski definition) is 0. The van der Waals surface area contributed by atoms with Crippen molar-refractivity contribution in [2.75, 3.05) is 33.2 Å². The minimum Gasteiger partial charge on any atom is -0.370 e. The molecular formula is C13H26N2O. The molecule has 2 unspecified atom stereocenters. The summed E-state index contributed by atoms with van der Waals surface area (Å²) < 4.78 is 6.01. The second kappa shape index (κ2) is 4.63. The van der Waals surface area contributed by atoms with E-state index in [4.69, 9.17) is 4.74 Å². The van der Waals surface area contributed by atoms with Gasteiger partial charge in [-0.3, -0.25) is 4.90 Å². The molecule has 94 valence electrons. The molecule has 0 spiro atoms. The van der Waals surface area contributed by atoms with E-state index in [1.54, 1.807) is 0 Å². The summed E-state index contributed by atoms with van der Waals surface area (Å²) >= 11 is 0. The van der Waals surface area contributed by atoms with Crippen LogP contribution in [0.3, 0.4) is 0 Å². The first-order valence-electron chi connectivity index (χ1n) is 6.60. The lowest BCUT2D eigenvalue weighted by Crippen LogP contribution is -2.62. The van der Waals surface area contributed by atoms with Gasteiger partial charge in [0.15, 0.2) is 0 Å². The van der Waals surface area contributed by atoms with Gasteiger partial charge in [-0.2, -0.15) is 0 Å². The predicted molar refractivity (Wildman–Crippen MR) is 66.7 cm³/mol. The molecule has 0 saturated carbocycles. The van der Waals surface area contributed by atoms with Gasteiger partial charge in [0.05, 0.1) is 12.2 Å². The molecule has 0 N–H and O–H groups in total. The molecule has 0 radical (unpaired) electrons. The third-order valence-electron chi connectivity index (χ3n) is 3.98. The van der Waals surface area contributed by atoms with Gasteiger partial charge >= 0.3 is 0 Å². The van der Waals surface area contributed by atoms with Gasteiger partial charge in [0.2, 0.25) is 0 Å². The summed E-state index contributed by atoms with van der Waals surface area (Å²) in [5, 5.41) is 0. The lowest BCUT2D eigenvalue weighted by atomic mass is 9.93. The monoisotopic (exact) mass is 226 g/mol. The molecule has 2 aliphatic heterocycles. The molecule has 2 atom stereocenters. The van der Waals surface area contributed by atoms with Crippen molar-refractivity contribution in [1.82, 2.24) is 9.80 Å². The van der Waals surface area contributed by atoms with E-state index in [1.807, 2.05) is 0 Å². The topological polar surface area (TPSA) is 15.7 Å². The number of nitrogens with zero attached hydrogens (tertiary/aromatic N) is 2. The zero-order valence-corrected chi connectivity index (χ0v) is 11.2. The Hall–Kier alpha value is -0.120. The van der Waals surface area contributed by atoms with Gasteiger partial charge in [0.25, 0.3) is 0 Å². The molecule has 2 rings (SSSR count). The molecule has 2 aliphatic rings. The van der Waals surface area contributed by atoms with Gasteiger partial charge in [0.1, 0.15) is 0 Å². The number of morpholine rings is 2. The fourth-order valence-corrected chi connectivity index (χ4v) is 3.16. The number of fused-ring (bicyclic) bond motifs is 2. The third-order valence-corrected chi connectivity index (χ3v) is 3.98. The summed E-state index contributed by atoms with van der Waals surface area (Å²) in [7, 11) is 2.20. The van der Waals surface area contributed by atoms with Crippen LogP contribution in [0.4, 0.5) is 0 Å². The average Bonchev–Trinajstić information content (AvgIpc) is 2.15. The zero-order chi connectivity index (χ0) is 11.8. The largest absolute Gasteiger partial charge is 0.370 e. The Balaban J connectivity index is 1.99.